The van der Waals surface area contributed by atoms with Gasteiger partial charge in [-0.2, -0.15) is 11.8 Å². The van der Waals surface area contributed by atoms with Crippen molar-refractivity contribution in [3.05, 3.63) is 0 Å². The minimum atomic E-state index is 0.580. The summed E-state index contributed by atoms with van der Waals surface area (Å²) in [6, 6.07) is 1.19. The number of nitrogens with one attached hydrogen (secondary N) is 1. The molecule has 0 aromatic rings. The first kappa shape index (κ1) is 11.6. The molecule has 1 saturated heterocycles. The van der Waals surface area contributed by atoms with Gasteiger partial charge in [0.2, 0.25) is 0 Å². The van der Waals surface area contributed by atoms with Gasteiger partial charge in [0.15, 0.2) is 5.17 Å². The normalized spacial score (nSPS) is 39.3. The third-order valence-corrected chi connectivity index (χ3v) is 5.33. The van der Waals surface area contributed by atoms with Gasteiger partial charge < -0.3 is 5.32 Å². The molecule has 0 bridgehead atoms. The van der Waals surface area contributed by atoms with Crippen LogP contribution in [0.3, 0.4) is 0 Å². The van der Waals surface area contributed by atoms with Crippen LogP contribution in [-0.2, 0) is 0 Å². The SMILES string of the molecule is CSC1CCCC(N=C2NC(C)CS2)C1. The molecule has 3 atom stereocenters. The molecule has 1 aliphatic heterocycles. The quantitative estimate of drug-likeness (QED) is 0.808. The summed E-state index contributed by atoms with van der Waals surface area (Å²) in [4.78, 5) is 4.84. The summed E-state index contributed by atoms with van der Waals surface area (Å²) in [5, 5.41) is 5.47. The van der Waals surface area contributed by atoms with Gasteiger partial charge in [-0.05, 0) is 32.4 Å². The van der Waals surface area contributed by atoms with Crippen molar-refractivity contribution in [1.82, 2.24) is 5.32 Å². The maximum Gasteiger partial charge on any atom is 0.157 e. The molecule has 0 aromatic heterocycles. The third-order valence-electron chi connectivity index (χ3n) is 3.07. The second kappa shape index (κ2) is 5.48. The van der Waals surface area contributed by atoms with E-state index >= 15 is 0 Å². The molecule has 2 fully saturated rings. The number of aliphatic imine (C=N–C) groups is 1. The summed E-state index contributed by atoms with van der Waals surface area (Å²) in [5.41, 5.74) is 0. The third kappa shape index (κ3) is 3.31. The van der Waals surface area contributed by atoms with E-state index in [1.807, 2.05) is 23.5 Å². The van der Waals surface area contributed by atoms with Crippen LogP contribution in [0.15, 0.2) is 4.99 Å². The van der Waals surface area contributed by atoms with Crippen molar-refractivity contribution < 1.29 is 0 Å². The molecule has 15 heavy (non-hydrogen) atoms. The van der Waals surface area contributed by atoms with E-state index in [1.54, 1.807) is 0 Å². The molecule has 1 saturated carbocycles. The second-order valence-corrected chi connectivity index (χ2v) is 6.62. The van der Waals surface area contributed by atoms with Gasteiger partial charge in [-0.15, -0.1) is 0 Å². The van der Waals surface area contributed by atoms with Gasteiger partial charge in [0.1, 0.15) is 0 Å². The number of thioether (sulfide) groups is 2. The molecular formula is C11H20N2S2. The minimum Gasteiger partial charge on any atom is -0.362 e. The highest BCUT2D eigenvalue weighted by molar-refractivity contribution is 8.14. The van der Waals surface area contributed by atoms with E-state index < -0.39 is 0 Å². The van der Waals surface area contributed by atoms with Gasteiger partial charge >= 0.3 is 0 Å². The van der Waals surface area contributed by atoms with Crippen molar-refractivity contribution in [3.63, 3.8) is 0 Å². The molecule has 2 rings (SSSR count). The Labute approximate surface area is 101 Å². The molecule has 0 spiro atoms. The van der Waals surface area contributed by atoms with E-state index in [0.29, 0.717) is 12.1 Å². The van der Waals surface area contributed by atoms with Crippen LogP contribution in [0.2, 0.25) is 0 Å². The van der Waals surface area contributed by atoms with Crippen LogP contribution in [0.25, 0.3) is 0 Å². The van der Waals surface area contributed by atoms with Gasteiger partial charge in [-0.25, -0.2) is 0 Å². The van der Waals surface area contributed by atoms with Crippen LogP contribution in [-0.4, -0.2) is 34.5 Å². The Morgan fingerprint density at radius 2 is 2.33 bits per heavy atom. The minimum absolute atomic E-state index is 0.580. The molecule has 0 radical (unpaired) electrons. The molecule has 1 heterocycles. The fourth-order valence-corrected chi connectivity index (χ4v) is 4.01. The molecule has 1 aliphatic carbocycles. The highest BCUT2D eigenvalue weighted by Gasteiger charge is 2.23. The van der Waals surface area contributed by atoms with Gasteiger partial charge in [0.25, 0.3) is 0 Å². The summed E-state index contributed by atoms with van der Waals surface area (Å²) >= 11 is 3.90. The molecule has 0 aromatic carbocycles. The summed E-state index contributed by atoms with van der Waals surface area (Å²) < 4.78 is 0. The largest absolute Gasteiger partial charge is 0.362 e. The van der Waals surface area contributed by atoms with Crippen LogP contribution in [0, 0.1) is 0 Å². The standard InChI is InChI=1S/C11H20N2S2/c1-8-7-15-11(12-8)13-9-4-3-5-10(6-9)14-2/h8-10H,3-7H2,1-2H3,(H,12,13). The van der Waals surface area contributed by atoms with E-state index in [4.69, 9.17) is 4.99 Å². The molecule has 2 nitrogen and oxygen atoms in total. The van der Waals surface area contributed by atoms with Crippen molar-refractivity contribution in [2.45, 2.75) is 49.9 Å². The van der Waals surface area contributed by atoms with Gasteiger partial charge in [-0.1, -0.05) is 18.2 Å². The maximum atomic E-state index is 4.84. The van der Waals surface area contributed by atoms with E-state index in [0.717, 1.165) is 5.25 Å². The van der Waals surface area contributed by atoms with E-state index in [1.165, 1.54) is 36.6 Å². The van der Waals surface area contributed by atoms with E-state index in [-0.39, 0.29) is 0 Å². The Balaban J connectivity index is 1.88. The Morgan fingerprint density at radius 1 is 1.47 bits per heavy atom. The molecule has 4 heteroatoms. The molecule has 0 amide bonds. The number of nitrogens with zero attached hydrogens (tertiary/aromatic N) is 1. The number of amidine groups is 1. The summed E-state index contributed by atoms with van der Waals surface area (Å²) in [7, 11) is 0. The average molecular weight is 244 g/mol. The van der Waals surface area contributed by atoms with Crippen molar-refractivity contribution >= 4 is 28.7 Å². The topological polar surface area (TPSA) is 24.4 Å². The zero-order valence-electron chi connectivity index (χ0n) is 9.53. The first-order chi connectivity index (χ1) is 7.28. The fraction of sp³-hybridized carbons (Fsp3) is 0.909. The van der Waals surface area contributed by atoms with Crippen molar-refractivity contribution in [1.29, 1.82) is 0 Å². The fourth-order valence-electron chi connectivity index (χ4n) is 2.19. The Hall–Kier alpha value is 0.170. The van der Waals surface area contributed by atoms with Crippen LogP contribution in [0.5, 0.6) is 0 Å². The van der Waals surface area contributed by atoms with Crippen LogP contribution in [0.1, 0.15) is 32.6 Å². The Bertz CT molecular complexity index is 243. The molecule has 2 aliphatic rings. The molecular weight excluding hydrogens is 224 g/mol. The summed E-state index contributed by atoms with van der Waals surface area (Å²) in [6.45, 7) is 2.22. The number of rotatable bonds is 2. The predicted molar refractivity (Wildman–Crippen MR) is 72.0 cm³/mol. The lowest BCUT2D eigenvalue weighted by Crippen LogP contribution is -2.26. The Kier molecular flexibility index (Phi) is 4.26. The van der Waals surface area contributed by atoms with Gasteiger partial charge in [0, 0.05) is 17.0 Å². The van der Waals surface area contributed by atoms with Gasteiger partial charge in [0.05, 0.1) is 6.04 Å². The lowest BCUT2D eigenvalue weighted by atomic mass is 9.95. The average Bonchev–Trinajstić information content (AvgIpc) is 2.64. The van der Waals surface area contributed by atoms with Crippen LogP contribution < -0.4 is 5.32 Å². The number of hydrogen-bond acceptors (Lipinski definition) is 3. The van der Waals surface area contributed by atoms with E-state index in [2.05, 4.69) is 18.5 Å². The highest BCUT2D eigenvalue weighted by atomic mass is 32.2. The van der Waals surface area contributed by atoms with Crippen molar-refractivity contribution in [2.24, 2.45) is 4.99 Å². The first-order valence-electron chi connectivity index (χ1n) is 5.78. The zero-order chi connectivity index (χ0) is 10.7. The summed E-state index contributed by atoms with van der Waals surface area (Å²) in [6.07, 6.45) is 7.54. The maximum absolute atomic E-state index is 4.84. The van der Waals surface area contributed by atoms with Crippen molar-refractivity contribution in [2.75, 3.05) is 12.0 Å². The van der Waals surface area contributed by atoms with E-state index in [9.17, 15) is 0 Å². The number of hydrogen-bond donors (Lipinski definition) is 1. The monoisotopic (exact) mass is 244 g/mol. The summed E-state index contributed by atoms with van der Waals surface area (Å²) in [5.74, 6) is 1.18. The van der Waals surface area contributed by atoms with Gasteiger partial charge in [-0.3, -0.25) is 4.99 Å². The second-order valence-electron chi connectivity index (χ2n) is 4.47. The smallest absolute Gasteiger partial charge is 0.157 e. The van der Waals surface area contributed by atoms with Crippen LogP contribution in [0.4, 0.5) is 0 Å². The Morgan fingerprint density at radius 3 is 3.00 bits per heavy atom. The highest BCUT2D eigenvalue weighted by Crippen LogP contribution is 2.29. The molecule has 3 unspecified atom stereocenters. The lowest BCUT2D eigenvalue weighted by Gasteiger charge is -2.25. The zero-order valence-corrected chi connectivity index (χ0v) is 11.2. The van der Waals surface area contributed by atoms with Crippen LogP contribution >= 0.6 is 23.5 Å². The lowest BCUT2D eigenvalue weighted by molar-refractivity contribution is 0.453. The molecule has 1 N–H and O–H groups in total. The predicted octanol–water partition coefficient (Wildman–Crippen LogP) is 2.74. The molecule has 86 valence electrons. The van der Waals surface area contributed by atoms with Crippen molar-refractivity contribution in [3.8, 4) is 0 Å². The first-order valence-corrected chi connectivity index (χ1v) is 8.05.